The van der Waals surface area contributed by atoms with Crippen molar-refractivity contribution in [1.82, 2.24) is 14.7 Å². The van der Waals surface area contributed by atoms with Crippen LogP contribution in [0.3, 0.4) is 0 Å². The van der Waals surface area contributed by atoms with Gasteiger partial charge in [0.05, 0.1) is 17.3 Å². The van der Waals surface area contributed by atoms with Gasteiger partial charge in [-0.1, -0.05) is 18.2 Å². The summed E-state index contributed by atoms with van der Waals surface area (Å²) in [5, 5.41) is 14.0. The van der Waals surface area contributed by atoms with E-state index in [1.165, 1.54) is 17.7 Å². The van der Waals surface area contributed by atoms with E-state index >= 15 is 0 Å². The van der Waals surface area contributed by atoms with Crippen LogP contribution in [-0.2, 0) is 24.2 Å². The fraction of sp³-hybridized carbons (Fsp3) is 0.444. The summed E-state index contributed by atoms with van der Waals surface area (Å²) in [5.74, 6) is -0.896. The molecule has 1 aromatic heterocycles. The number of hydrogen-bond donors (Lipinski definition) is 1. The number of carboxylic acid groups (broad SMARTS) is 1. The second-order valence-corrected chi connectivity index (χ2v) is 6.53. The zero-order chi connectivity index (χ0) is 15.8. The third-order valence-corrected chi connectivity index (χ3v) is 5.01. The molecule has 1 aromatic carbocycles. The van der Waals surface area contributed by atoms with E-state index in [2.05, 4.69) is 21.7 Å². The lowest BCUT2D eigenvalue weighted by Gasteiger charge is -2.14. The van der Waals surface area contributed by atoms with Crippen molar-refractivity contribution in [2.45, 2.75) is 32.2 Å². The van der Waals surface area contributed by atoms with Crippen LogP contribution in [0.2, 0.25) is 0 Å². The Balaban J connectivity index is 0.00000169. The van der Waals surface area contributed by atoms with Crippen molar-refractivity contribution in [1.29, 1.82) is 0 Å². The van der Waals surface area contributed by atoms with Gasteiger partial charge in [0.15, 0.2) is 0 Å². The molecule has 1 aliphatic carbocycles. The lowest BCUT2D eigenvalue weighted by Crippen LogP contribution is -2.23. The van der Waals surface area contributed by atoms with E-state index < -0.39 is 5.97 Å². The minimum atomic E-state index is -0.674. The second-order valence-electron chi connectivity index (χ2n) is 6.53. The number of fused-ring (bicyclic) bond motifs is 1. The van der Waals surface area contributed by atoms with Crippen molar-refractivity contribution in [2.24, 2.45) is 5.92 Å². The van der Waals surface area contributed by atoms with E-state index in [9.17, 15) is 4.79 Å². The summed E-state index contributed by atoms with van der Waals surface area (Å²) in [7, 11) is 0. The minimum Gasteiger partial charge on any atom is -0.481 e. The number of halogens is 1. The average Bonchev–Trinajstić information content (AvgIpc) is 3.26. The van der Waals surface area contributed by atoms with E-state index in [1.807, 2.05) is 18.2 Å². The van der Waals surface area contributed by atoms with E-state index in [-0.39, 0.29) is 18.3 Å². The molecule has 4 rings (SSSR count). The first-order valence-electron chi connectivity index (χ1n) is 8.32. The normalized spacial score (nSPS) is 19.9. The summed E-state index contributed by atoms with van der Waals surface area (Å²) in [6.07, 6.45) is 4.10. The van der Waals surface area contributed by atoms with Crippen LogP contribution >= 0.6 is 12.4 Å². The highest BCUT2D eigenvalue weighted by molar-refractivity contribution is 5.85. The SMILES string of the molecule is Cl.O=C(O)C1CCN(Cc2nn(-c3ccccc3)c3c2CCC3)C1. The van der Waals surface area contributed by atoms with Crippen LogP contribution < -0.4 is 0 Å². The molecule has 1 N–H and O–H groups in total. The summed E-state index contributed by atoms with van der Waals surface area (Å²) >= 11 is 0. The van der Waals surface area contributed by atoms with Crippen molar-refractivity contribution in [3.05, 3.63) is 47.3 Å². The summed E-state index contributed by atoms with van der Waals surface area (Å²) in [6.45, 7) is 2.26. The molecule has 1 atom stereocenters. The van der Waals surface area contributed by atoms with Crippen LogP contribution in [0.15, 0.2) is 30.3 Å². The van der Waals surface area contributed by atoms with Gasteiger partial charge in [-0.05, 0) is 49.9 Å². The predicted octanol–water partition coefficient (Wildman–Crippen LogP) is 2.69. The molecule has 1 fully saturated rings. The number of rotatable bonds is 4. The van der Waals surface area contributed by atoms with Gasteiger partial charge < -0.3 is 5.11 Å². The number of hydrogen-bond acceptors (Lipinski definition) is 3. The van der Waals surface area contributed by atoms with Gasteiger partial charge in [-0.15, -0.1) is 12.4 Å². The third kappa shape index (κ3) is 3.06. The molecule has 128 valence electrons. The van der Waals surface area contributed by atoms with Crippen molar-refractivity contribution in [2.75, 3.05) is 13.1 Å². The number of aliphatic carboxylic acids is 1. The Hall–Kier alpha value is -1.85. The maximum Gasteiger partial charge on any atom is 0.307 e. The number of likely N-dealkylation sites (tertiary alicyclic amines) is 1. The smallest absolute Gasteiger partial charge is 0.307 e. The van der Waals surface area contributed by atoms with Crippen molar-refractivity contribution >= 4 is 18.4 Å². The molecular weight excluding hydrogens is 326 g/mol. The maximum atomic E-state index is 11.1. The van der Waals surface area contributed by atoms with Gasteiger partial charge in [0, 0.05) is 18.8 Å². The van der Waals surface area contributed by atoms with Crippen LogP contribution in [0.25, 0.3) is 5.69 Å². The summed E-state index contributed by atoms with van der Waals surface area (Å²) < 4.78 is 2.09. The van der Waals surface area contributed by atoms with Gasteiger partial charge in [-0.2, -0.15) is 5.10 Å². The maximum absolute atomic E-state index is 11.1. The van der Waals surface area contributed by atoms with Crippen LogP contribution in [0.4, 0.5) is 0 Å². The first-order valence-corrected chi connectivity index (χ1v) is 8.32. The van der Waals surface area contributed by atoms with Crippen LogP contribution in [0, 0.1) is 5.92 Å². The van der Waals surface area contributed by atoms with Crippen molar-refractivity contribution in [3.8, 4) is 5.69 Å². The Morgan fingerprint density at radius 2 is 2.04 bits per heavy atom. The summed E-state index contributed by atoms with van der Waals surface area (Å²) in [6, 6.07) is 10.3. The Morgan fingerprint density at radius 1 is 1.25 bits per heavy atom. The zero-order valence-corrected chi connectivity index (χ0v) is 14.3. The molecule has 0 spiro atoms. The number of para-hydroxylation sites is 1. The van der Waals surface area contributed by atoms with E-state index in [1.54, 1.807) is 0 Å². The topological polar surface area (TPSA) is 58.4 Å². The molecule has 5 nitrogen and oxygen atoms in total. The number of carbonyl (C=O) groups is 1. The largest absolute Gasteiger partial charge is 0.481 e. The van der Waals surface area contributed by atoms with E-state index in [0.29, 0.717) is 6.54 Å². The predicted molar refractivity (Wildman–Crippen MR) is 93.9 cm³/mol. The quantitative estimate of drug-likeness (QED) is 0.923. The summed E-state index contributed by atoms with van der Waals surface area (Å²) in [4.78, 5) is 13.4. The van der Waals surface area contributed by atoms with Gasteiger partial charge in [0.2, 0.25) is 0 Å². The molecule has 1 aliphatic heterocycles. The van der Waals surface area contributed by atoms with Gasteiger partial charge in [0.25, 0.3) is 0 Å². The molecule has 0 bridgehead atoms. The van der Waals surface area contributed by atoms with E-state index in [4.69, 9.17) is 10.2 Å². The summed E-state index contributed by atoms with van der Waals surface area (Å²) in [5.41, 5.74) is 4.96. The van der Waals surface area contributed by atoms with Crippen molar-refractivity contribution < 1.29 is 9.90 Å². The van der Waals surface area contributed by atoms with Crippen LogP contribution in [0.1, 0.15) is 29.8 Å². The van der Waals surface area contributed by atoms with Crippen molar-refractivity contribution in [3.63, 3.8) is 0 Å². The number of benzene rings is 1. The first-order chi connectivity index (χ1) is 11.2. The molecule has 6 heteroatoms. The molecule has 1 saturated heterocycles. The Bertz CT molecular complexity index is 729. The highest BCUT2D eigenvalue weighted by Gasteiger charge is 2.30. The number of nitrogens with zero attached hydrogens (tertiary/aromatic N) is 3. The zero-order valence-electron chi connectivity index (χ0n) is 13.5. The molecule has 0 saturated carbocycles. The van der Waals surface area contributed by atoms with Gasteiger partial charge >= 0.3 is 5.97 Å². The van der Waals surface area contributed by atoms with Crippen LogP contribution in [0.5, 0.6) is 0 Å². The third-order valence-electron chi connectivity index (χ3n) is 5.01. The molecule has 24 heavy (non-hydrogen) atoms. The molecule has 1 unspecified atom stereocenters. The monoisotopic (exact) mass is 347 g/mol. The Kier molecular flexibility index (Phi) is 4.92. The number of carboxylic acids is 1. The highest BCUT2D eigenvalue weighted by atomic mass is 35.5. The highest BCUT2D eigenvalue weighted by Crippen LogP contribution is 2.29. The molecule has 2 aromatic rings. The lowest BCUT2D eigenvalue weighted by atomic mass is 10.1. The van der Waals surface area contributed by atoms with E-state index in [0.717, 1.165) is 43.7 Å². The number of aromatic nitrogens is 2. The van der Waals surface area contributed by atoms with Gasteiger partial charge in [-0.25, -0.2) is 4.68 Å². The minimum absolute atomic E-state index is 0. The van der Waals surface area contributed by atoms with Gasteiger partial charge in [0.1, 0.15) is 0 Å². The molecule has 2 heterocycles. The lowest BCUT2D eigenvalue weighted by molar-refractivity contribution is -0.141. The molecule has 2 aliphatic rings. The Labute approximate surface area is 147 Å². The molecular formula is C18H22ClN3O2. The second kappa shape index (κ2) is 6.95. The standard InChI is InChI=1S/C18H21N3O2.ClH/c22-18(23)13-9-10-20(11-13)12-16-15-7-4-8-17(15)21(19-16)14-5-2-1-3-6-14;/h1-3,5-6,13H,4,7-12H2,(H,22,23);1H. The fourth-order valence-corrected chi connectivity index (χ4v) is 3.81. The average molecular weight is 348 g/mol. The molecule has 0 radical (unpaired) electrons. The molecule has 0 amide bonds. The Morgan fingerprint density at radius 3 is 2.75 bits per heavy atom. The fourth-order valence-electron chi connectivity index (χ4n) is 3.81. The van der Waals surface area contributed by atoms with Crippen LogP contribution in [-0.4, -0.2) is 38.8 Å². The van der Waals surface area contributed by atoms with Gasteiger partial charge in [-0.3, -0.25) is 9.69 Å². The first kappa shape index (κ1) is 17.0.